The summed E-state index contributed by atoms with van der Waals surface area (Å²) < 4.78 is 5.61. The monoisotopic (exact) mass is 259 g/mol. The third-order valence-corrected chi connectivity index (χ3v) is 4.41. The first kappa shape index (κ1) is 13.2. The van der Waals surface area contributed by atoms with Gasteiger partial charge in [0.2, 0.25) is 5.91 Å². The first-order chi connectivity index (χ1) is 8.26. The molecular weight excluding hydrogens is 238 g/mol. The van der Waals surface area contributed by atoms with Gasteiger partial charge in [-0.15, -0.1) is 11.6 Å². The molecule has 0 aliphatic carbocycles. The van der Waals surface area contributed by atoms with Crippen LogP contribution in [0.5, 0.6) is 0 Å². The molecule has 98 valence electrons. The predicted molar refractivity (Wildman–Crippen MR) is 68.2 cm³/mol. The van der Waals surface area contributed by atoms with Crippen molar-refractivity contribution in [2.75, 3.05) is 25.6 Å². The molecule has 2 fully saturated rings. The minimum absolute atomic E-state index is 0.0917. The van der Waals surface area contributed by atoms with E-state index < -0.39 is 0 Å². The number of alkyl halides is 1. The topological polar surface area (TPSA) is 29.5 Å². The van der Waals surface area contributed by atoms with Crippen LogP contribution in [-0.4, -0.2) is 42.5 Å². The number of nitrogens with zero attached hydrogens (tertiary/aromatic N) is 1. The molecular formula is C13H22ClNO2. The average Bonchev–Trinajstić information content (AvgIpc) is 2.86. The molecule has 2 aliphatic heterocycles. The SMILES string of the molecule is CCC1OCCC1C(=O)N1CCCC(CCl)C1. The summed E-state index contributed by atoms with van der Waals surface area (Å²) in [6.45, 7) is 4.57. The van der Waals surface area contributed by atoms with E-state index in [-0.39, 0.29) is 12.0 Å². The molecule has 0 aromatic rings. The molecule has 2 heterocycles. The zero-order chi connectivity index (χ0) is 12.3. The summed E-state index contributed by atoms with van der Waals surface area (Å²) in [5.74, 6) is 1.54. The normalized spacial score (nSPS) is 34.0. The Morgan fingerprint density at radius 1 is 1.47 bits per heavy atom. The van der Waals surface area contributed by atoms with Crippen molar-refractivity contribution in [2.24, 2.45) is 11.8 Å². The molecule has 0 spiro atoms. The van der Waals surface area contributed by atoms with Gasteiger partial charge in [-0.25, -0.2) is 0 Å². The zero-order valence-corrected chi connectivity index (χ0v) is 11.3. The maximum absolute atomic E-state index is 12.4. The van der Waals surface area contributed by atoms with Gasteiger partial charge in [0.1, 0.15) is 0 Å². The van der Waals surface area contributed by atoms with Crippen molar-refractivity contribution in [3.05, 3.63) is 0 Å². The highest BCUT2D eigenvalue weighted by Gasteiger charge is 2.36. The molecule has 0 saturated carbocycles. The number of carbonyl (C=O) groups excluding carboxylic acids is 1. The first-order valence-electron chi connectivity index (χ1n) is 6.72. The van der Waals surface area contributed by atoms with Gasteiger partial charge < -0.3 is 9.64 Å². The first-order valence-corrected chi connectivity index (χ1v) is 7.26. The number of rotatable bonds is 3. The Bertz CT molecular complexity index is 272. The van der Waals surface area contributed by atoms with Crippen molar-refractivity contribution in [3.63, 3.8) is 0 Å². The van der Waals surface area contributed by atoms with Gasteiger partial charge in [-0.3, -0.25) is 4.79 Å². The molecule has 0 N–H and O–H groups in total. The van der Waals surface area contributed by atoms with Crippen LogP contribution in [0.15, 0.2) is 0 Å². The summed E-state index contributed by atoms with van der Waals surface area (Å²) in [7, 11) is 0. The molecule has 2 rings (SSSR count). The zero-order valence-electron chi connectivity index (χ0n) is 10.5. The number of ether oxygens (including phenoxy) is 1. The fourth-order valence-corrected chi connectivity index (χ4v) is 3.21. The van der Waals surface area contributed by atoms with E-state index in [0.717, 1.165) is 45.4 Å². The lowest BCUT2D eigenvalue weighted by Crippen LogP contribution is -2.45. The van der Waals surface area contributed by atoms with Crippen LogP contribution < -0.4 is 0 Å². The Labute approximate surface area is 108 Å². The number of hydrogen-bond donors (Lipinski definition) is 0. The van der Waals surface area contributed by atoms with Crippen molar-refractivity contribution >= 4 is 17.5 Å². The Morgan fingerprint density at radius 3 is 3.00 bits per heavy atom. The number of halogens is 1. The largest absolute Gasteiger partial charge is 0.377 e. The molecule has 2 saturated heterocycles. The predicted octanol–water partition coefficient (Wildman–Crippen LogP) is 2.28. The van der Waals surface area contributed by atoms with Crippen LogP contribution >= 0.6 is 11.6 Å². The van der Waals surface area contributed by atoms with E-state index >= 15 is 0 Å². The van der Waals surface area contributed by atoms with E-state index in [9.17, 15) is 4.79 Å². The number of amides is 1. The van der Waals surface area contributed by atoms with Crippen LogP contribution in [0, 0.1) is 11.8 Å². The highest BCUT2D eigenvalue weighted by molar-refractivity contribution is 6.18. The van der Waals surface area contributed by atoms with E-state index in [4.69, 9.17) is 16.3 Å². The Balaban J connectivity index is 1.94. The van der Waals surface area contributed by atoms with Gasteiger partial charge in [0.05, 0.1) is 12.0 Å². The van der Waals surface area contributed by atoms with E-state index in [1.807, 2.05) is 4.90 Å². The number of piperidine rings is 1. The molecule has 4 heteroatoms. The average molecular weight is 260 g/mol. The van der Waals surface area contributed by atoms with Gasteiger partial charge in [-0.1, -0.05) is 6.92 Å². The highest BCUT2D eigenvalue weighted by Crippen LogP contribution is 2.27. The summed E-state index contributed by atoms with van der Waals surface area (Å²) in [6.07, 6.45) is 4.21. The summed E-state index contributed by atoms with van der Waals surface area (Å²) in [5, 5.41) is 0. The van der Waals surface area contributed by atoms with E-state index in [1.54, 1.807) is 0 Å². The van der Waals surface area contributed by atoms with Crippen LogP contribution in [0.1, 0.15) is 32.6 Å². The van der Waals surface area contributed by atoms with Gasteiger partial charge in [-0.05, 0) is 31.6 Å². The molecule has 0 aromatic carbocycles. The van der Waals surface area contributed by atoms with Gasteiger partial charge in [0.25, 0.3) is 0 Å². The second-order valence-corrected chi connectivity index (χ2v) is 5.47. The van der Waals surface area contributed by atoms with Gasteiger partial charge >= 0.3 is 0 Å². The minimum atomic E-state index is 0.0917. The fourth-order valence-electron chi connectivity index (χ4n) is 2.96. The summed E-state index contributed by atoms with van der Waals surface area (Å²) >= 11 is 5.90. The van der Waals surface area contributed by atoms with Gasteiger partial charge in [0, 0.05) is 25.6 Å². The van der Waals surface area contributed by atoms with Crippen molar-refractivity contribution in [1.82, 2.24) is 4.90 Å². The lowest BCUT2D eigenvalue weighted by molar-refractivity contribution is -0.139. The molecule has 0 aromatic heterocycles. The number of likely N-dealkylation sites (tertiary alicyclic amines) is 1. The molecule has 3 atom stereocenters. The number of carbonyl (C=O) groups is 1. The minimum Gasteiger partial charge on any atom is -0.377 e. The van der Waals surface area contributed by atoms with Crippen LogP contribution in [-0.2, 0) is 9.53 Å². The van der Waals surface area contributed by atoms with Crippen molar-refractivity contribution in [1.29, 1.82) is 0 Å². The van der Waals surface area contributed by atoms with Gasteiger partial charge in [0.15, 0.2) is 0 Å². The van der Waals surface area contributed by atoms with Crippen LogP contribution in [0.2, 0.25) is 0 Å². The maximum Gasteiger partial charge on any atom is 0.228 e. The summed E-state index contributed by atoms with van der Waals surface area (Å²) in [5.41, 5.74) is 0. The molecule has 0 bridgehead atoms. The lowest BCUT2D eigenvalue weighted by Gasteiger charge is -2.34. The van der Waals surface area contributed by atoms with E-state index in [2.05, 4.69) is 6.92 Å². The van der Waals surface area contributed by atoms with Crippen molar-refractivity contribution in [3.8, 4) is 0 Å². The summed E-state index contributed by atoms with van der Waals surface area (Å²) in [6, 6.07) is 0. The molecule has 17 heavy (non-hydrogen) atoms. The van der Waals surface area contributed by atoms with E-state index in [0.29, 0.717) is 17.7 Å². The third-order valence-electron chi connectivity index (χ3n) is 3.98. The second kappa shape index (κ2) is 6.05. The smallest absolute Gasteiger partial charge is 0.228 e. The molecule has 1 amide bonds. The number of hydrogen-bond acceptors (Lipinski definition) is 2. The standard InChI is InChI=1S/C13H22ClNO2/c1-2-12-11(5-7-17-12)13(16)15-6-3-4-10(8-14)9-15/h10-12H,2-9H2,1H3. The summed E-state index contributed by atoms with van der Waals surface area (Å²) in [4.78, 5) is 14.4. The fraction of sp³-hybridized carbons (Fsp3) is 0.923. The Hall–Kier alpha value is -0.280. The van der Waals surface area contributed by atoms with Crippen LogP contribution in [0.4, 0.5) is 0 Å². The maximum atomic E-state index is 12.4. The molecule has 3 nitrogen and oxygen atoms in total. The van der Waals surface area contributed by atoms with Gasteiger partial charge in [-0.2, -0.15) is 0 Å². The molecule has 0 radical (unpaired) electrons. The highest BCUT2D eigenvalue weighted by atomic mass is 35.5. The van der Waals surface area contributed by atoms with Crippen LogP contribution in [0.3, 0.4) is 0 Å². The quantitative estimate of drug-likeness (QED) is 0.728. The Kier molecular flexibility index (Phi) is 4.69. The molecule has 2 aliphatic rings. The third kappa shape index (κ3) is 2.94. The van der Waals surface area contributed by atoms with Crippen molar-refractivity contribution in [2.45, 2.75) is 38.7 Å². The van der Waals surface area contributed by atoms with Crippen molar-refractivity contribution < 1.29 is 9.53 Å². The lowest BCUT2D eigenvalue weighted by atomic mass is 9.94. The Morgan fingerprint density at radius 2 is 2.29 bits per heavy atom. The molecule has 3 unspecified atom stereocenters. The van der Waals surface area contributed by atoms with Crippen LogP contribution in [0.25, 0.3) is 0 Å². The van der Waals surface area contributed by atoms with E-state index in [1.165, 1.54) is 0 Å². The second-order valence-electron chi connectivity index (χ2n) is 5.16.